The van der Waals surface area contributed by atoms with E-state index in [1.165, 1.54) is 17.2 Å². The van der Waals surface area contributed by atoms with Gasteiger partial charge in [0.05, 0.1) is 18.3 Å². The van der Waals surface area contributed by atoms with Crippen LogP contribution in [0.5, 0.6) is 0 Å². The molecule has 0 radical (unpaired) electrons. The second-order valence-corrected chi connectivity index (χ2v) is 7.49. The fourth-order valence-corrected chi connectivity index (χ4v) is 3.76. The number of benzene rings is 2. The summed E-state index contributed by atoms with van der Waals surface area (Å²) in [5.74, 6) is 0.0697. The van der Waals surface area contributed by atoms with Crippen molar-refractivity contribution in [2.75, 3.05) is 23.3 Å². The Hall–Kier alpha value is -2.60. The largest absolute Gasteiger partial charge is 0.393 e. The van der Waals surface area contributed by atoms with Crippen molar-refractivity contribution in [2.45, 2.75) is 52.2 Å². The standard InChI is InChI=1S/C23H31FN4O/c1-3-17-6-5-7-18(4-2)22(17)27-23(25)26-15-16-8-9-21(20(24)14-16)28-12-10-19(29)11-13-28/h5-9,14,19,29H,3-4,10-13,15H2,1-2H3,(H3,25,26,27). The average Bonchev–Trinajstić information content (AvgIpc) is 2.73. The fourth-order valence-electron chi connectivity index (χ4n) is 3.76. The summed E-state index contributed by atoms with van der Waals surface area (Å²) in [5.41, 5.74) is 10.9. The molecule has 0 aromatic heterocycles. The lowest BCUT2D eigenvalue weighted by atomic mass is 10.0. The molecule has 0 atom stereocenters. The van der Waals surface area contributed by atoms with Crippen molar-refractivity contribution in [2.24, 2.45) is 10.7 Å². The Balaban J connectivity index is 1.68. The van der Waals surface area contributed by atoms with Gasteiger partial charge in [-0.3, -0.25) is 0 Å². The minimum absolute atomic E-state index is 0.259. The van der Waals surface area contributed by atoms with Gasteiger partial charge in [-0.1, -0.05) is 38.1 Å². The summed E-state index contributed by atoms with van der Waals surface area (Å²) >= 11 is 0. The second kappa shape index (κ2) is 9.74. The van der Waals surface area contributed by atoms with E-state index in [1.807, 2.05) is 11.0 Å². The molecule has 6 heteroatoms. The maximum absolute atomic E-state index is 14.6. The summed E-state index contributed by atoms with van der Waals surface area (Å²) in [4.78, 5) is 6.39. The minimum atomic E-state index is -0.274. The quantitative estimate of drug-likeness (QED) is 0.511. The minimum Gasteiger partial charge on any atom is -0.393 e. The summed E-state index contributed by atoms with van der Waals surface area (Å²) in [6, 6.07) is 11.4. The van der Waals surface area contributed by atoms with Crippen LogP contribution in [0.3, 0.4) is 0 Å². The van der Waals surface area contributed by atoms with Crippen molar-refractivity contribution < 1.29 is 9.50 Å². The number of nitrogens with zero attached hydrogens (tertiary/aromatic N) is 2. The van der Waals surface area contributed by atoms with E-state index >= 15 is 0 Å². The van der Waals surface area contributed by atoms with E-state index in [4.69, 9.17) is 5.73 Å². The van der Waals surface area contributed by atoms with Crippen LogP contribution in [0.25, 0.3) is 0 Å². The monoisotopic (exact) mass is 398 g/mol. The molecule has 0 amide bonds. The molecule has 3 rings (SSSR count). The molecule has 156 valence electrons. The van der Waals surface area contributed by atoms with Crippen LogP contribution < -0.4 is 16.0 Å². The molecule has 0 unspecified atom stereocenters. The summed E-state index contributed by atoms with van der Waals surface area (Å²) in [5, 5.41) is 12.9. The van der Waals surface area contributed by atoms with Gasteiger partial charge in [0, 0.05) is 18.8 Å². The lowest BCUT2D eigenvalue weighted by molar-refractivity contribution is 0.145. The van der Waals surface area contributed by atoms with Crippen LogP contribution in [-0.4, -0.2) is 30.3 Å². The molecule has 29 heavy (non-hydrogen) atoms. The first-order chi connectivity index (χ1) is 14.0. The molecule has 1 aliphatic heterocycles. The van der Waals surface area contributed by atoms with Crippen molar-refractivity contribution in [1.29, 1.82) is 0 Å². The highest BCUT2D eigenvalue weighted by Crippen LogP contribution is 2.25. The van der Waals surface area contributed by atoms with Crippen LogP contribution >= 0.6 is 0 Å². The van der Waals surface area contributed by atoms with E-state index < -0.39 is 0 Å². The molecule has 0 bridgehead atoms. The number of anilines is 2. The Labute approximate surface area is 172 Å². The molecular weight excluding hydrogens is 367 g/mol. The van der Waals surface area contributed by atoms with E-state index in [1.54, 1.807) is 6.07 Å². The number of hydrogen-bond donors (Lipinski definition) is 3. The van der Waals surface area contributed by atoms with E-state index in [2.05, 4.69) is 42.4 Å². The molecule has 0 aliphatic carbocycles. The lowest BCUT2D eigenvalue weighted by Crippen LogP contribution is -2.36. The predicted molar refractivity (Wildman–Crippen MR) is 118 cm³/mol. The number of aliphatic hydroxyl groups excluding tert-OH is 1. The van der Waals surface area contributed by atoms with Crippen LogP contribution in [0.15, 0.2) is 41.4 Å². The molecule has 5 nitrogen and oxygen atoms in total. The number of nitrogens with two attached hydrogens (primary N) is 1. The zero-order valence-electron chi connectivity index (χ0n) is 17.3. The van der Waals surface area contributed by atoms with Gasteiger partial charge in [0.15, 0.2) is 5.96 Å². The Kier molecular flexibility index (Phi) is 7.09. The number of nitrogens with one attached hydrogen (secondary N) is 1. The Bertz CT molecular complexity index is 838. The van der Waals surface area contributed by atoms with Crippen LogP contribution in [0.2, 0.25) is 0 Å². The molecule has 0 saturated carbocycles. The third kappa shape index (κ3) is 5.26. The zero-order chi connectivity index (χ0) is 20.8. The predicted octanol–water partition coefficient (Wildman–Crippen LogP) is 3.84. The van der Waals surface area contributed by atoms with Gasteiger partial charge >= 0.3 is 0 Å². The smallest absolute Gasteiger partial charge is 0.193 e. The van der Waals surface area contributed by atoms with Gasteiger partial charge in [0.1, 0.15) is 5.82 Å². The summed E-state index contributed by atoms with van der Waals surface area (Å²) in [6.07, 6.45) is 2.89. The van der Waals surface area contributed by atoms with E-state index in [-0.39, 0.29) is 11.9 Å². The summed E-state index contributed by atoms with van der Waals surface area (Å²) in [6.45, 7) is 5.87. The van der Waals surface area contributed by atoms with Crippen molar-refractivity contribution in [3.8, 4) is 0 Å². The van der Waals surface area contributed by atoms with Gasteiger partial charge in [-0.25, -0.2) is 9.38 Å². The normalized spacial score (nSPS) is 15.6. The van der Waals surface area contributed by atoms with Gasteiger partial charge < -0.3 is 21.1 Å². The Morgan fingerprint density at radius 2 is 1.83 bits per heavy atom. The van der Waals surface area contributed by atoms with Gasteiger partial charge in [0.25, 0.3) is 0 Å². The summed E-state index contributed by atoms with van der Waals surface area (Å²) < 4.78 is 14.6. The summed E-state index contributed by atoms with van der Waals surface area (Å²) in [7, 11) is 0. The maximum atomic E-state index is 14.6. The first-order valence-electron chi connectivity index (χ1n) is 10.4. The topological polar surface area (TPSA) is 73.9 Å². The molecular formula is C23H31FN4O. The molecule has 1 fully saturated rings. The highest BCUT2D eigenvalue weighted by atomic mass is 19.1. The number of piperidine rings is 1. The number of aliphatic hydroxyl groups is 1. The van der Waals surface area contributed by atoms with Crippen LogP contribution in [0.1, 0.15) is 43.4 Å². The van der Waals surface area contributed by atoms with Crippen LogP contribution in [0, 0.1) is 5.82 Å². The molecule has 1 aliphatic rings. The van der Waals surface area contributed by atoms with Crippen molar-refractivity contribution in [3.63, 3.8) is 0 Å². The lowest BCUT2D eigenvalue weighted by Gasteiger charge is -2.31. The first kappa shape index (κ1) is 21.1. The van der Waals surface area contributed by atoms with Crippen molar-refractivity contribution >= 4 is 17.3 Å². The fraction of sp³-hybridized carbons (Fsp3) is 0.435. The van der Waals surface area contributed by atoms with Gasteiger partial charge in [-0.2, -0.15) is 0 Å². The van der Waals surface area contributed by atoms with Gasteiger partial charge in [-0.15, -0.1) is 0 Å². The van der Waals surface area contributed by atoms with Crippen LogP contribution in [0.4, 0.5) is 15.8 Å². The molecule has 4 N–H and O–H groups in total. The third-order valence-electron chi connectivity index (χ3n) is 5.50. The van der Waals surface area contributed by atoms with Crippen molar-refractivity contribution in [3.05, 3.63) is 58.9 Å². The molecule has 1 saturated heterocycles. The van der Waals surface area contributed by atoms with E-state index in [0.717, 1.165) is 24.1 Å². The highest BCUT2D eigenvalue weighted by Gasteiger charge is 2.19. The molecule has 2 aromatic rings. The number of para-hydroxylation sites is 1. The van der Waals surface area contributed by atoms with Crippen molar-refractivity contribution in [1.82, 2.24) is 0 Å². The Morgan fingerprint density at radius 1 is 1.17 bits per heavy atom. The SMILES string of the molecule is CCc1cccc(CC)c1NC(N)=NCc1ccc(N2CCC(O)CC2)c(F)c1. The number of rotatable bonds is 6. The maximum Gasteiger partial charge on any atom is 0.193 e. The Morgan fingerprint density at radius 3 is 2.41 bits per heavy atom. The number of hydrogen-bond acceptors (Lipinski definition) is 3. The number of aryl methyl sites for hydroxylation is 2. The number of halogens is 1. The van der Waals surface area contributed by atoms with Gasteiger partial charge in [-0.05, 0) is 54.5 Å². The third-order valence-corrected chi connectivity index (χ3v) is 5.50. The molecule has 2 aromatic carbocycles. The highest BCUT2D eigenvalue weighted by molar-refractivity contribution is 5.93. The number of aliphatic imine (C=N–C) groups is 1. The molecule has 0 spiro atoms. The molecule has 1 heterocycles. The first-order valence-corrected chi connectivity index (χ1v) is 10.4. The van der Waals surface area contributed by atoms with Crippen LogP contribution in [-0.2, 0) is 19.4 Å². The average molecular weight is 399 g/mol. The van der Waals surface area contributed by atoms with E-state index in [9.17, 15) is 9.50 Å². The van der Waals surface area contributed by atoms with E-state index in [0.29, 0.717) is 44.1 Å². The second-order valence-electron chi connectivity index (χ2n) is 7.49. The zero-order valence-corrected chi connectivity index (χ0v) is 17.3. The van der Waals surface area contributed by atoms with Gasteiger partial charge in [0.2, 0.25) is 0 Å². The number of guanidine groups is 1.